The quantitative estimate of drug-likeness (QED) is 0.219. The van der Waals surface area contributed by atoms with Crippen molar-refractivity contribution in [3.8, 4) is 11.5 Å². The molecule has 0 spiro atoms. The lowest BCUT2D eigenvalue weighted by Gasteiger charge is -2.09. The van der Waals surface area contributed by atoms with Crippen LogP contribution >= 0.6 is 11.3 Å². The molecule has 3 aromatic rings. The molecule has 142 valence electrons. The van der Waals surface area contributed by atoms with Gasteiger partial charge < -0.3 is 15.2 Å². The van der Waals surface area contributed by atoms with Gasteiger partial charge in [-0.05, 0) is 59.5 Å². The van der Waals surface area contributed by atoms with Gasteiger partial charge in [-0.3, -0.25) is 4.79 Å². The first-order valence-corrected chi connectivity index (χ1v) is 9.07. The number of ether oxygens (including phenoxy) is 2. The zero-order valence-electron chi connectivity index (χ0n) is 14.9. The molecule has 0 aliphatic carbocycles. The molecular weight excluding hydrogens is 378 g/mol. The number of hydrogen-bond donors (Lipinski definition) is 2. The SMILES string of the molecule is COc1cc(/C=N\NC(=O)c2ccc(N)cc2)ccc1OC(=O)c1cccs1. The number of methoxy groups -OCH3 is 1. The van der Waals surface area contributed by atoms with Crippen LogP contribution in [0.1, 0.15) is 25.6 Å². The van der Waals surface area contributed by atoms with Crippen molar-refractivity contribution >= 4 is 35.1 Å². The molecule has 3 rings (SSSR count). The predicted molar refractivity (Wildman–Crippen MR) is 108 cm³/mol. The Morgan fingerprint density at radius 1 is 1.11 bits per heavy atom. The number of nitrogens with two attached hydrogens (primary N) is 1. The minimum Gasteiger partial charge on any atom is -0.493 e. The molecule has 2 aromatic carbocycles. The zero-order valence-corrected chi connectivity index (χ0v) is 15.7. The molecule has 8 heteroatoms. The Bertz CT molecular complexity index is 999. The molecule has 0 aliphatic rings. The van der Waals surface area contributed by atoms with Crippen LogP contribution in [0.25, 0.3) is 0 Å². The number of rotatable bonds is 6. The minimum atomic E-state index is -0.453. The molecule has 1 heterocycles. The highest BCUT2D eigenvalue weighted by Gasteiger charge is 2.13. The van der Waals surface area contributed by atoms with Crippen LogP contribution in [-0.4, -0.2) is 25.2 Å². The Kier molecular flexibility index (Phi) is 6.03. The van der Waals surface area contributed by atoms with Crippen molar-refractivity contribution in [3.63, 3.8) is 0 Å². The second-order valence-electron chi connectivity index (χ2n) is 5.60. The number of nitrogens with one attached hydrogen (secondary N) is 1. The van der Waals surface area contributed by atoms with E-state index in [0.29, 0.717) is 33.2 Å². The molecule has 0 atom stereocenters. The Labute approximate surface area is 165 Å². The maximum absolute atomic E-state index is 12.1. The third kappa shape index (κ3) is 4.74. The van der Waals surface area contributed by atoms with Gasteiger partial charge in [-0.1, -0.05) is 6.07 Å². The molecule has 0 aliphatic heterocycles. The van der Waals surface area contributed by atoms with Crippen LogP contribution in [0.2, 0.25) is 0 Å². The fourth-order valence-corrected chi connectivity index (χ4v) is 2.86. The summed E-state index contributed by atoms with van der Waals surface area (Å²) in [5, 5.41) is 5.73. The monoisotopic (exact) mass is 395 g/mol. The number of nitrogen functional groups attached to an aromatic ring is 1. The first-order chi connectivity index (χ1) is 13.6. The van der Waals surface area contributed by atoms with Crippen LogP contribution in [-0.2, 0) is 0 Å². The second kappa shape index (κ2) is 8.83. The standard InChI is InChI=1S/C20H17N3O4S/c1-26-17-11-13(4-9-16(17)27-20(25)18-3-2-10-28-18)12-22-23-19(24)14-5-7-15(21)8-6-14/h2-12H,21H2,1H3,(H,23,24)/b22-12-. The fraction of sp³-hybridized carbons (Fsp3) is 0.0500. The largest absolute Gasteiger partial charge is 0.493 e. The molecule has 0 saturated heterocycles. The molecular formula is C20H17N3O4S. The smallest absolute Gasteiger partial charge is 0.353 e. The number of amides is 1. The normalized spacial score (nSPS) is 10.6. The average Bonchev–Trinajstić information content (AvgIpc) is 3.24. The lowest BCUT2D eigenvalue weighted by Crippen LogP contribution is -2.17. The third-order valence-corrected chi connectivity index (χ3v) is 4.52. The Morgan fingerprint density at radius 2 is 1.89 bits per heavy atom. The first-order valence-electron chi connectivity index (χ1n) is 8.19. The van der Waals surface area contributed by atoms with Gasteiger partial charge in [0.1, 0.15) is 4.88 Å². The van der Waals surface area contributed by atoms with Gasteiger partial charge in [0.05, 0.1) is 13.3 Å². The fourth-order valence-electron chi connectivity index (χ4n) is 2.26. The van der Waals surface area contributed by atoms with Crippen molar-refractivity contribution in [2.24, 2.45) is 5.10 Å². The van der Waals surface area contributed by atoms with E-state index in [9.17, 15) is 9.59 Å². The minimum absolute atomic E-state index is 0.295. The number of hydrazone groups is 1. The molecule has 1 amide bonds. The maximum atomic E-state index is 12.1. The van der Waals surface area contributed by atoms with Gasteiger partial charge in [0.2, 0.25) is 0 Å². The number of carbonyl (C=O) groups is 2. The summed E-state index contributed by atoms with van der Waals surface area (Å²) in [6, 6.07) is 14.9. The van der Waals surface area contributed by atoms with Crippen molar-refractivity contribution in [2.75, 3.05) is 12.8 Å². The van der Waals surface area contributed by atoms with E-state index in [4.69, 9.17) is 15.2 Å². The third-order valence-electron chi connectivity index (χ3n) is 3.67. The van der Waals surface area contributed by atoms with Crippen LogP contribution in [0.15, 0.2) is 65.1 Å². The summed E-state index contributed by atoms with van der Waals surface area (Å²) in [4.78, 5) is 24.6. The molecule has 0 fully saturated rings. The van der Waals surface area contributed by atoms with Gasteiger partial charge in [0, 0.05) is 11.3 Å². The Hall–Kier alpha value is -3.65. The molecule has 3 N–H and O–H groups in total. The van der Waals surface area contributed by atoms with Crippen molar-refractivity contribution in [1.29, 1.82) is 0 Å². The summed E-state index contributed by atoms with van der Waals surface area (Å²) in [6.45, 7) is 0. The van der Waals surface area contributed by atoms with E-state index in [1.807, 2.05) is 0 Å². The lowest BCUT2D eigenvalue weighted by molar-refractivity contribution is 0.0734. The van der Waals surface area contributed by atoms with Crippen LogP contribution in [0.3, 0.4) is 0 Å². The van der Waals surface area contributed by atoms with Crippen molar-refractivity contribution < 1.29 is 19.1 Å². The highest BCUT2D eigenvalue weighted by Crippen LogP contribution is 2.28. The van der Waals surface area contributed by atoms with Gasteiger partial charge in [-0.15, -0.1) is 11.3 Å². The lowest BCUT2D eigenvalue weighted by atomic mass is 10.2. The molecule has 0 bridgehead atoms. The van der Waals surface area contributed by atoms with E-state index in [1.165, 1.54) is 24.7 Å². The number of carbonyl (C=O) groups excluding carboxylic acids is 2. The molecule has 7 nitrogen and oxygen atoms in total. The highest BCUT2D eigenvalue weighted by molar-refractivity contribution is 7.12. The van der Waals surface area contributed by atoms with Crippen LogP contribution in [0, 0.1) is 0 Å². The van der Waals surface area contributed by atoms with E-state index in [0.717, 1.165) is 0 Å². The van der Waals surface area contributed by atoms with E-state index < -0.39 is 5.97 Å². The summed E-state index contributed by atoms with van der Waals surface area (Å²) >= 11 is 1.30. The summed E-state index contributed by atoms with van der Waals surface area (Å²) in [7, 11) is 1.47. The van der Waals surface area contributed by atoms with Crippen LogP contribution in [0.5, 0.6) is 11.5 Å². The van der Waals surface area contributed by atoms with E-state index in [2.05, 4.69) is 10.5 Å². The zero-order chi connectivity index (χ0) is 19.9. The molecule has 0 saturated carbocycles. The number of nitrogens with zero attached hydrogens (tertiary/aromatic N) is 1. The predicted octanol–water partition coefficient (Wildman–Crippen LogP) is 3.32. The molecule has 1 aromatic heterocycles. The number of benzene rings is 2. The molecule has 28 heavy (non-hydrogen) atoms. The van der Waals surface area contributed by atoms with Crippen molar-refractivity contribution in [3.05, 3.63) is 76.0 Å². The number of hydrogen-bond acceptors (Lipinski definition) is 7. The van der Waals surface area contributed by atoms with Crippen molar-refractivity contribution in [2.45, 2.75) is 0 Å². The summed E-state index contributed by atoms with van der Waals surface area (Å²) < 4.78 is 10.6. The van der Waals surface area contributed by atoms with Gasteiger partial charge in [-0.2, -0.15) is 5.10 Å². The average molecular weight is 395 g/mol. The number of thiophene rings is 1. The van der Waals surface area contributed by atoms with Gasteiger partial charge in [0.25, 0.3) is 5.91 Å². The van der Waals surface area contributed by atoms with Crippen LogP contribution in [0.4, 0.5) is 5.69 Å². The maximum Gasteiger partial charge on any atom is 0.353 e. The van der Waals surface area contributed by atoms with Gasteiger partial charge >= 0.3 is 5.97 Å². The van der Waals surface area contributed by atoms with Crippen molar-refractivity contribution in [1.82, 2.24) is 5.43 Å². The highest BCUT2D eigenvalue weighted by atomic mass is 32.1. The van der Waals surface area contributed by atoms with E-state index >= 15 is 0 Å². The topological polar surface area (TPSA) is 103 Å². The number of anilines is 1. The molecule has 0 unspecified atom stereocenters. The molecule has 0 radical (unpaired) electrons. The first kappa shape index (κ1) is 19.1. The summed E-state index contributed by atoms with van der Waals surface area (Å²) in [5.74, 6) is -0.141. The van der Waals surface area contributed by atoms with Gasteiger partial charge in [0.15, 0.2) is 11.5 Å². The summed E-state index contributed by atoms with van der Waals surface area (Å²) in [6.07, 6.45) is 1.46. The van der Waals surface area contributed by atoms with Crippen LogP contribution < -0.4 is 20.6 Å². The summed E-state index contributed by atoms with van der Waals surface area (Å²) in [5.41, 5.74) is 9.71. The van der Waals surface area contributed by atoms with E-state index in [1.54, 1.807) is 60.0 Å². The Balaban J connectivity index is 1.66. The van der Waals surface area contributed by atoms with Gasteiger partial charge in [-0.25, -0.2) is 10.2 Å². The number of esters is 1. The Morgan fingerprint density at radius 3 is 2.57 bits per heavy atom. The second-order valence-corrected chi connectivity index (χ2v) is 6.55. The van der Waals surface area contributed by atoms with E-state index in [-0.39, 0.29) is 5.91 Å².